The summed E-state index contributed by atoms with van der Waals surface area (Å²) in [5, 5.41) is 0.153. The molecule has 2 N–H and O–H groups in total. The molecule has 2 heterocycles. The molecule has 1 aliphatic rings. The van der Waals surface area contributed by atoms with Crippen molar-refractivity contribution in [1.29, 1.82) is 0 Å². The minimum absolute atomic E-state index is 0.153. The van der Waals surface area contributed by atoms with E-state index in [1.807, 2.05) is 6.92 Å². The predicted molar refractivity (Wildman–Crippen MR) is 70.0 cm³/mol. The number of aromatic nitrogens is 3. The van der Waals surface area contributed by atoms with E-state index in [0.717, 1.165) is 25.9 Å². The van der Waals surface area contributed by atoms with Crippen LogP contribution < -0.4 is 15.4 Å². The van der Waals surface area contributed by atoms with E-state index in [1.165, 1.54) is 7.11 Å². The molecule has 1 saturated heterocycles. The van der Waals surface area contributed by atoms with E-state index < -0.39 is 0 Å². The number of ether oxygens (including phenoxy) is 1. The zero-order valence-electron chi connectivity index (χ0n) is 10.6. The average molecular weight is 272 g/mol. The molecule has 2 rings (SSSR count). The molecule has 1 aromatic heterocycles. The first-order chi connectivity index (χ1) is 8.60. The third-order valence-corrected chi connectivity index (χ3v) is 3.41. The van der Waals surface area contributed by atoms with Crippen molar-refractivity contribution in [2.45, 2.75) is 25.8 Å². The summed E-state index contributed by atoms with van der Waals surface area (Å²) < 4.78 is 5.00. The van der Waals surface area contributed by atoms with Crippen LogP contribution in [0, 0.1) is 5.92 Å². The number of anilines is 1. The SMILES string of the molecule is COc1nc(Cl)nc(N2CCCC(C(C)N)C2)n1. The Morgan fingerprint density at radius 3 is 2.89 bits per heavy atom. The smallest absolute Gasteiger partial charge is 0.322 e. The maximum Gasteiger partial charge on any atom is 0.322 e. The predicted octanol–water partition coefficient (Wildman–Crippen LogP) is 1.10. The number of hydrogen-bond acceptors (Lipinski definition) is 6. The van der Waals surface area contributed by atoms with Gasteiger partial charge in [0.05, 0.1) is 7.11 Å². The van der Waals surface area contributed by atoms with Crippen molar-refractivity contribution in [3.8, 4) is 6.01 Å². The highest BCUT2D eigenvalue weighted by molar-refractivity contribution is 6.28. The maximum atomic E-state index is 5.96. The van der Waals surface area contributed by atoms with E-state index in [4.69, 9.17) is 22.1 Å². The zero-order chi connectivity index (χ0) is 13.1. The molecule has 0 aliphatic carbocycles. The molecule has 0 bridgehead atoms. The Kier molecular flexibility index (Phi) is 4.19. The molecule has 7 heteroatoms. The normalized spacial score (nSPS) is 21.8. The van der Waals surface area contributed by atoms with E-state index in [2.05, 4.69) is 19.9 Å². The lowest BCUT2D eigenvalue weighted by Gasteiger charge is -2.34. The molecule has 2 unspecified atom stereocenters. The first-order valence-electron chi connectivity index (χ1n) is 6.06. The van der Waals surface area contributed by atoms with Crippen molar-refractivity contribution in [1.82, 2.24) is 15.0 Å². The zero-order valence-corrected chi connectivity index (χ0v) is 11.4. The number of methoxy groups -OCH3 is 1. The van der Waals surface area contributed by atoms with Gasteiger partial charge in [-0.15, -0.1) is 0 Å². The number of rotatable bonds is 3. The number of hydrogen-bond donors (Lipinski definition) is 1. The monoisotopic (exact) mass is 271 g/mol. The van der Waals surface area contributed by atoms with E-state index in [9.17, 15) is 0 Å². The van der Waals surface area contributed by atoms with Gasteiger partial charge in [-0.1, -0.05) is 0 Å². The van der Waals surface area contributed by atoms with E-state index >= 15 is 0 Å². The molecule has 0 amide bonds. The van der Waals surface area contributed by atoms with E-state index in [1.54, 1.807) is 0 Å². The van der Waals surface area contributed by atoms with Crippen molar-refractivity contribution < 1.29 is 4.74 Å². The second-order valence-corrected chi connectivity index (χ2v) is 4.94. The molecule has 1 aliphatic heterocycles. The molecular weight excluding hydrogens is 254 g/mol. The van der Waals surface area contributed by atoms with Crippen molar-refractivity contribution >= 4 is 17.5 Å². The van der Waals surface area contributed by atoms with Gasteiger partial charge in [0.1, 0.15) is 0 Å². The van der Waals surface area contributed by atoms with Gasteiger partial charge in [0.25, 0.3) is 0 Å². The lowest BCUT2D eigenvalue weighted by atomic mass is 9.92. The van der Waals surface area contributed by atoms with Crippen LogP contribution in [0.1, 0.15) is 19.8 Å². The third kappa shape index (κ3) is 3.00. The Morgan fingerprint density at radius 1 is 1.44 bits per heavy atom. The van der Waals surface area contributed by atoms with Gasteiger partial charge in [-0.3, -0.25) is 0 Å². The quantitative estimate of drug-likeness (QED) is 0.887. The first-order valence-corrected chi connectivity index (χ1v) is 6.44. The summed E-state index contributed by atoms with van der Waals surface area (Å²) in [5.41, 5.74) is 5.96. The molecule has 0 radical (unpaired) electrons. The summed E-state index contributed by atoms with van der Waals surface area (Å²) in [5.74, 6) is 1.03. The van der Waals surface area contributed by atoms with Crippen LogP contribution in [-0.2, 0) is 0 Å². The molecule has 18 heavy (non-hydrogen) atoms. The van der Waals surface area contributed by atoms with Crippen LogP contribution in [0.3, 0.4) is 0 Å². The van der Waals surface area contributed by atoms with Crippen molar-refractivity contribution in [2.75, 3.05) is 25.1 Å². The van der Waals surface area contributed by atoms with Gasteiger partial charge in [-0.05, 0) is 37.3 Å². The Bertz CT molecular complexity index is 414. The summed E-state index contributed by atoms with van der Waals surface area (Å²) in [6.45, 7) is 3.79. The second-order valence-electron chi connectivity index (χ2n) is 4.60. The van der Waals surface area contributed by atoms with Crippen LogP contribution in [-0.4, -0.2) is 41.2 Å². The molecule has 0 saturated carbocycles. The maximum absolute atomic E-state index is 5.96. The summed E-state index contributed by atoms with van der Waals surface area (Å²) in [7, 11) is 1.51. The van der Waals surface area contributed by atoms with E-state index in [-0.39, 0.29) is 17.3 Å². The van der Waals surface area contributed by atoms with Crippen LogP contribution in [0.2, 0.25) is 5.28 Å². The topological polar surface area (TPSA) is 77.2 Å². The van der Waals surface area contributed by atoms with Crippen molar-refractivity contribution in [2.24, 2.45) is 11.7 Å². The van der Waals surface area contributed by atoms with Crippen LogP contribution in [0.25, 0.3) is 0 Å². The third-order valence-electron chi connectivity index (χ3n) is 3.24. The minimum Gasteiger partial charge on any atom is -0.467 e. The fourth-order valence-corrected chi connectivity index (χ4v) is 2.32. The molecule has 2 atom stereocenters. The molecule has 0 spiro atoms. The summed E-state index contributed by atoms with van der Waals surface area (Å²) in [4.78, 5) is 14.3. The lowest BCUT2D eigenvalue weighted by Crippen LogP contribution is -2.43. The Morgan fingerprint density at radius 2 is 2.22 bits per heavy atom. The van der Waals surface area contributed by atoms with Gasteiger partial charge in [-0.25, -0.2) is 0 Å². The number of nitrogens with two attached hydrogens (primary N) is 1. The Hall–Kier alpha value is -1.14. The highest BCUT2D eigenvalue weighted by Gasteiger charge is 2.25. The number of halogens is 1. The number of nitrogens with zero attached hydrogens (tertiary/aromatic N) is 4. The fourth-order valence-electron chi connectivity index (χ4n) is 2.18. The van der Waals surface area contributed by atoms with Gasteiger partial charge in [-0.2, -0.15) is 15.0 Å². The van der Waals surface area contributed by atoms with Crippen molar-refractivity contribution in [3.63, 3.8) is 0 Å². The molecule has 0 aromatic carbocycles. The van der Waals surface area contributed by atoms with Gasteiger partial charge in [0, 0.05) is 19.1 Å². The molecule has 100 valence electrons. The summed E-state index contributed by atoms with van der Waals surface area (Å²) >= 11 is 5.85. The average Bonchev–Trinajstić information content (AvgIpc) is 2.38. The molecule has 1 aromatic rings. The molecule has 6 nitrogen and oxygen atoms in total. The lowest BCUT2D eigenvalue weighted by molar-refractivity contribution is 0.355. The number of piperidine rings is 1. The van der Waals surface area contributed by atoms with Crippen LogP contribution in [0.15, 0.2) is 0 Å². The Balaban J connectivity index is 2.17. The van der Waals surface area contributed by atoms with E-state index in [0.29, 0.717) is 11.9 Å². The molecule has 1 fully saturated rings. The summed E-state index contributed by atoms with van der Waals surface area (Å²) in [6.07, 6.45) is 2.22. The molecular formula is C11H18ClN5O. The summed E-state index contributed by atoms with van der Waals surface area (Å²) in [6, 6.07) is 0.417. The second kappa shape index (κ2) is 5.67. The standard InChI is InChI=1S/C11H18ClN5O/c1-7(13)8-4-3-5-17(6-8)10-14-9(12)15-11(16-10)18-2/h7-8H,3-6,13H2,1-2H3. The van der Waals surface area contributed by atoms with Crippen LogP contribution in [0.4, 0.5) is 5.95 Å². The highest BCUT2D eigenvalue weighted by Crippen LogP contribution is 2.23. The largest absolute Gasteiger partial charge is 0.467 e. The minimum atomic E-state index is 0.153. The Labute approximate surface area is 112 Å². The first kappa shape index (κ1) is 13.3. The van der Waals surface area contributed by atoms with Crippen LogP contribution in [0.5, 0.6) is 6.01 Å². The van der Waals surface area contributed by atoms with Gasteiger partial charge < -0.3 is 15.4 Å². The fraction of sp³-hybridized carbons (Fsp3) is 0.727. The van der Waals surface area contributed by atoms with Gasteiger partial charge in [0.2, 0.25) is 11.2 Å². The van der Waals surface area contributed by atoms with Gasteiger partial charge in [0.15, 0.2) is 0 Å². The highest BCUT2D eigenvalue weighted by atomic mass is 35.5. The van der Waals surface area contributed by atoms with Gasteiger partial charge >= 0.3 is 6.01 Å². The van der Waals surface area contributed by atoms with Crippen LogP contribution >= 0.6 is 11.6 Å². The van der Waals surface area contributed by atoms with Crippen molar-refractivity contribution in [3.05, 3.63) is 5.28 Å².